The Morgan fingerprint density at radius 1 is 1.21 bits per heavy atom. The van der Waals surface area contributed by atoms with E-state index in [2.05, 4.69) is 29.4 Å². The first kappa shape index (κ1) is 18.7. The third-order valence-electron chi connectivity index (χ3n) is 6.09. The van der Waals surface area contributed by atoms with Gasteiger partial charge in [-0.15, -0.1) is 0 Å². The summed E-state index contributed by atoms with van der Waals surface area (Å²) in [6, 6.07) is 12.1. The van der Waals surface area contributed by atoms with Crippen LogP contribution in [0.15, 0.2) is 40.9 Å². The summed E-state index contributed by atoms with van der Waals surface area (Å²) >= 11 is 0. The van der Waals surface area contributed by atoms with E-state index in [1.807, 2.05) is 22.8 Å². The molecule has 28 heavy (non-hydrogen) atoms. The highest BCUT2D eigenvalue weighted by molar-refractivity contribution is 5.91. The molecule has 1 spiro atoms. The highest BCUT2D eigenvalue weighted by Gasteiger charge is 2.45. The number of rotatable bonds is 5. The maximum Gasteiger partial charge on any atom is 0.292 e. The van der Waals surface area contributed by atoms with Crippen molar-refractivity contribution in [3.05, 3.63) is 53.4 Å². The molecule has 2 aromatic rings. The summed E-state index contributed by atoms with van der Waals surface area (Å²) in [6.07, 6.45) is 4.33. The Labute approximate surface area is 165 Å². The lowest BCUT2D eigenvalue weighted by atomic mass is 9.77. The molecule has 0 bridgehead atoms. The topological polar surface area (TPSA) is 66.7 Å². The predicted octanol–water partition coefficient (Wildman–Crippen LogP) is 3.07. The van der Waals surface area contributed by atoms with Crippen molar-refractivity contribution in [2.24, 2.45) is 5.41 Å². The van der Waals surface area contributed by atoms with E-state index in [4.69, 9.17) is 4.52 Å². The largest absolute Gasteiger partial charge is 0.351 e. The molecule has 1 aromatic carbocycles. The number of piperidine rings is 1. The van der Waals surface area contributed by atoms with Gasteiger partial charge in [0, 0.05) is 44.1 Å². The molecule has 3 heterocycles. The number of amides is 2. The molecule has 2 aliphatic rings. The Balaban J connectivity index is 1.28. The number of carbonyl (C=O) groups excluding carboxylic acids is 2. The number of benzene rings is 1. The standard InChI is InChI=1S/C22H27N3O3/c1-17-14-19(28-23-17)21(27)24-12-9-22(10-13-24)15-20(26)25(16-22)11-5-8-18-6-3-2-4-7-18/h2-4,6-7,14H,5,8-13,15-16H2,1H3. The zero-order valence-electron chi connectivity index (χ0n) is 16.4. The van der Waals surface area contributed by atoms with Crippen LogP contribution in [0.4, 0.5) is 0 Å². The van der Waals surface area contributed by atoms with Gasteiger partial charge in [0.1, 0.15) is 0 Å². The van der Waals surface area contributed by atoms with Gasteiger partial charge >= 0.3 is 0 Å². The number of hydrogen-bond acceptors (Lipinski definition) is 4. The first-order chi connectivity index (χ1) is 13.5. The van der Waals surface area contributed by atoms with Crippen LogP contribution < -0.4 is 0 Å². The van der Waals surface area contributed by atoms with Gasteiger partial charge in [0.05, 0.1) is 5.69 Å². The number of carbonyl (C=O) groups is 2. The van der Waals surface area contributed by atoms with Crippen LogP contribution in [0.3, 0.4) is 0 Å². The van der Waals surface area contributed by atoms with Crippen LogP contribution in [-0.4, -0.2) is 52.9 Å². The first-order valence-electron chi connectivity index (χ1n) is 10.1. The molecular formula is C22H27N3O3. The van der Waals surface area contributed by atoms with Gasteiger partial charge in [-0.3, -0.25) is 9.59 Å². The quantitative estimate of drug-likeness (QED) is 0.798. The Morgan fingerprint density at radius 3 is 2.64 bits per heavy atom. The minimum atomic E-state index is -0.0977. The zero-order chi connectivity index (χ0) is 19.6. The summed E-state index contributed by atoms with van der Waals surface area (Å²) in [6.45, 7) is 4.79. The average Bonchev–Trinajstić information content (AvgIpc) is 3.26. The SMILES string of the molecule is Cc1cc(C(=O)N2CCC3(CC2)CC(=O)N(CCCc2ccccc2)C3)on1. The molecule has 6 nitrogen and oxygen atoms in total. The molecule has 0 N–H and O–H groups in total. The van der Waals surface area contributed by atoms with Crippen molar-refractivity contribution in [1.82, 2.24) is 15.0 Å². The van der Waals surface area contributed by atoms with E-state index in [9.17, 15) is 9.59 Å². The highest BCUT2D eigenvalue weighted by atomic mass is 16.5. The van der Waals surface area contributed by atoms with Gasteiger partial charge in [0.2, 0.25) is 11.7 Å². The van der Waals surface area contributed by atoms with Gasteiger partial charge in [0.15, 0.2) is 0 Å². The Kier molecular flexibility index (Phi) is 5.20. The second-order valence-corrected chi connectivity index (χ2v) is 8.21. The lowest BCUT2D eigenvalue weighted by Gasteiger charge is -2.38. The number of aromatic nitrogens is 1. The summed E-state index contributed by atoms with van der Waals surface area (Å²) in [5.74, 6) is 0.469. The zero-order valence-corrected chi connectivity index (χ0v) is 16.4. The second kappa shape index (κ2) is 7.78. The van der Waals surface area contributed by atoms with E-state index in [-0.39, 0.29) is 17.2 Å². The Hall–Kier alpha value is -2.63. The van der Waals surface area contributed by atoms with Crippen molar-refractivity contribution in [2.45, 2.75) is 39.0 Å². The fourth-order valence-corrected chi connectivity index (χ4v) is 4.44. The van der Waals surface area contributed by atoms with Gasteiger partial charge in [-0.25, -0.2) is 0 Å². The summed E-state index contributed by atoms with van der Waals surface area (Å²) in [5, 5.41) is 3.80. The van der Waals surface area contributed by atoms with E-state index < -0.39 is 0 Å². The molecule has 0 unspecified atom stereocenters. The van der Waals surface area contributed by atoms with Crippen molar-refractivity contribution in [1.29, 1.82) is 0 Å². The van der Waals surface area contributed by atoms with Gasteiger partial charge in [0.25, 0.3) is 5.91 Å². The molecular weight excluding hydrogens is 354 g/mol. The fraction of sp³-hybridized carbons (Fsp3) is 0.500. The lowest BCUT2D eigenvalue weighted by Crippen LogP contribution is -2.44. The van der Waals surface area contributed by atoms with Crippen molar-refractivity contribution in [3.63, 3.8) is 0 Å². The normalized spacial score (nSPS) is 18.8. The molecule has 6 heteroatoms. The Bertz CT molecular complexity index is 838. The number of hydrogen-bond donors (Lipinski definition) is 0. The van der Waals surface area contributed by atoms with Crippen LogP contribution in [0.1, 0.15) is 47.5 Å². The van der Waals surface area contributed by atoms with Gasteiger partial charge < -0.3 is 14.3 Å². The van der Waals surface area contributed by atoms with E-state index in [1.54, 1.807) is 6.07 Å². The third kappa shape index (κ3) is 3.96. The maximum atomic E-state index is 12.6. The van der Waals surface area contributed by atoms with E-state index in [0.717, 1.165) is 38.8 Å². The number of likely N-dealkylation sites (tertiary alicyclic amines) is 2. The van der Waals surface area contributed by atoms with Crippen molar-refractivity contribution in [2.75, 3.05) is 26.2 Å². The number of nitrogens with zero attached hydrogens (tertiary/aromatic N) is 3. The van der Waals surface area contributed by atoms with Crippen molar-refractivity contribution >= 4 is 11.8 Å². The predicted molar refractivity (Wildman–Crippen MR) is 105 cm³/mol. The van der Waals surface area contributed by atoms with E-state index in [0.29, 0.717) is 31.0 Å². The molecule has 0 saturated carbocycles. The smallest absolute Gasteiger partial charge is 0.292 e. The van der Waals surface area contributed by atoms with Crippen LogP contribution in [0.5, 0.6) is 0 Å². The molecule has 2 aliphatic heterocycles. The summed E-state index contributed by atoms with van der Waals surface area (Å²) < 4.78 is 5.11. The monoisotopic (exact) mass is 381 g/mol. The summed E-state index contributed by atoms with van der Waals surface area (Å²) in [5.41, 5.74) is 2.06. The van der Waals surface area contributed by atoms with Gasteiger partial charge in [-0.2, -0.15) is 0 Å². The molecule has 2 amide bonds. The van der Waals surface area contributed by atoms with Gasteiger partial charge in [-0.05, 0) is 38.2 Å². The third-order valence-corrected chi connectivity index (χ3v) is 6.09. The van der Waals surface area contributed by atoms with Crippen LogP contribution >= 0.6 is 0 Å². The van der Waals surface area contributed by atoms with E-state index in [1.165, 1.54) is 5.56 Å². The molecule has 2 fully saturated rings. The van der Waals surface area contributed by atoms with Crippen LogP contribution in [0.25, 0.3) is 0 Å². The van der Waals surface area contributed by atoms with Gasteiger partial charge in [-0.1, -0.05) is 35.5 Å². The van der Waals surface area contributed by atoms with E-state index >= 15 is 0 Å². The van der Waals surface area contributed by atoms with Crippen LogP contribution in [0, 0.1) is 12.3 Å². The highest BCUT2D eigenvalue weighted by Crippen LogP contribution is 2.41. The molecule has 0 radical (unpaired) electrons. The molecule has 1 aromatic heterocycles. The molecule has 2 saturated heterocycles. The lowest BCUT2D eigenvalue weighted by molar-refractivity contribution is -0.127. The fourth-order valence-electron chi connectivity index (χ4n) is 4.44. The van der Waals surface area contributed by atoms with Crippen molar-refractivity contribution in [3.8, 4) is 0 Å². The second-order valence-electron chi connectivity index (χ2n) is 8.21. The molecule has 4 rings (SSSR count). The average molecular weight is 381 g/mol. The Morgan fingerprint density at radius 2 is 1.96 bits per heavy atom. The number of aryl methyl sites for hydroxylation is 2. The van der Waals surface area contributed by atoms with Crippen LogP contribution in [-0.2, 0) is 11.2 Å². The molecule has 0 aliphatic carbocycles. The molecule has 148 valence electrons. The summed E-state index contributed by atoms with van der Waals surface area (Å²) in [4.78, 5) is 28.9. The first-order valence-corrected chi connectivity index (χ1v) is 10.1. The minimum absolute atomic E-state index is 0.0257. The summed E-state index contributed by atoms with van der Waals surface area (Å²) in [7, 11) is 0. The molecule has 0 atom stereocenters. The minimum Gasteiger partial charge on any atom is -0.351 e. The van der Waals surface area contributed by atoms with Crippen LogP contribution in [0.2, 0.25) is 0 Å². The maximum absolute atomic E-state index is 12.6. The van der Waals surface area contributed by atoms with Crippen molar-refractivity contribution < 1.29 is 14.1 Å².